The predicted octanol–water partition coefficient (Wildman–Crippen LogP) is 3.25. The van der Waals surface area contributed by atoms with Crippen LogP contribution >= 0.6 is 15.9 Å². The number of pyridine rings is 1. The number of hydrogen-bond acceptors (Lipinski definition) is 4. The van der Waals surface area contributed by atoms with Crippen molar-refractivity contribution in [2.75, 3.05) is 10.6 Å². The van der Waals surface area contributed by atoms with Crippen molar-refractivity contribution in [1.29, 1.82) is 5.26 Å². The third-order valence-electron chi connectivity index (χ3n) is 2.78. The molecule has 1 unspecified atom stereocenters. The Bertz CT molecular complexity index is 648. The van der Waals surface area contributed by atoms with Crippen molar-refractivity contribution in [3.63, 3.8) is 0 Å². The van der Waals surface area contributed by atoms with Crippen LogP contribution in [0.15, 0.2) is 41.0 Å². The van der Waals surface area contributed by atoms with E-state index in [0.717, 1.165) is 21.5 Å². The van der Waals surface area contributed by atoms with Crippen LogP contribution in [-0.4, -0.2) is 4.98 Å². The number of nitriles is 1. The quantitative estimate of drug-likeness (QED) is 0.849. The lowest BCUT2D eigenvalue weighted by Gasteiger charge is -2.12. The van der Waals surface area contributed by atoms with E-state index in [0.29, 0.717) is 5.56 Å². The lowest BCUT2D eigenvalue weighted by Crippen LogP contribution is -2.12. The van der Waals surface area contributed by atoms with E-state index in [-0.39, 0.29) is 6.17 Å². The maximum atomic E-state index is 8.91. The molecule has 1 aromatic heterocycles. The van der Waals surface area contributed by atoms with Gasteiger partial charge in [0.05, 0.1) is 17.3 Å². The van der Waals surface area contributed by atoms with Crippen molar-refractivity contribution < 1.29 is 0 Å². The summed E-state index contributed by atoms with van der Waals surface area (Å²) in [5.74, 6) is 0.825. The van der Waals surface area contributed by atoms with Crippen LogP contribution in [0.5, 0.6) is 0 Å². The van der Waals surface area contributed by atoms with E-state index in [1.54, 1.807) is 12.3 Å². The molecule has 1 aliphatic rings. The van der Waals surface area contributed by atoms with Crippen LogP contribution in [0.1, 0.15) is 17.3 Å². The fourth-order valence-corrected chi connectivity index (χ4v) is 2.28. The Morgan fingerprint density at radius 3 is 3.00 bits per heavy atom. The van der Waals surface area contributed by atoms with Crippen LogP contribution in [0.25, 0.3) is 0 Å². The Kier molecular flexibility index (Phi) is 2.65. The van der Waals surface area contributed by atoms with Gasteiger partial charge in [0.2, 0.25) is 0 Å². The smallest absolute Gasteiger partial charge is 0.151 e. The molecule has 3 rings (SSSR count). The molecule has 88 valence electrons. The minimum absolute atomic E-state index is 0.0462. The highest BCUT2D eigenvalue weighted by Gasteiger charge is 2.22. The normalized spacial score (nSPS) is 16.3. The molecule has 0 saturated carbocycles. The lowest BCUT2D eigenvalue weighted by atomic mass is 10.1. The molecule has 2 aromatic rings. The maximum absolute atomic E-state index is 8.91. The fraction of sp³-hybridized carbons (Fsp3) is 0.0769. The molecule has 0 spiro atoms. The summed E-state index contributed by atoms with van der Waals surface area (Å²) in [5.41, 5.74) is 2.63. The molecule has 0 radical (unpaired) electrons. The Balaban J connectivity index is 1.91. The van der Waals surface area contributed by atoms with E-state index in [2.05, 4.69) is 37.6 Å². The number of nitrogens with one attached hydrogen (secondary N) is 2. The standard InChI is InChI=1S/C13H9BrN4/c14-10-5-11-13(16-7-10)18-12(17-11)9-3-1-2-8(4-9)6-15/h1-5,7,12,17H,(H,16,18). The first kappa shape index (κ1) is 11.1. The number of nitrogens with zero attached hydrogens (tertiary/aromatic N) is 2. The first-order chi connectivity index (χ1) is 8.76. The average Bonchev–Trinajstić information content (AvgIpc) is 2.81. The minimum Gasteiger partial charge on any atom is -0.359 e. The number of rotatable bonds is 1. The van der Waals surface area contributed by atoms with Gasteiger partial charge in [-0.25, -0.2) is 4.98 Å². The first-order valence-corrected chi connectivity index (χ1v) is 6.24. The van der Waals surface area contributed by atoms with Crippen molar-refractivity contribution in [1.82, 2.24) is 4.98 Å². The van der Waals surface area contributed by atoms with Crippen LogP contribution in [0.3, 0.4) is 0 Å². The van der Waals surface area contributed by atoms with E-state index < -0.39 is 0 Å². The largest absolute Gasteiger partial charge is 0.359 e. The monoisotopic (exact) mass is 300 g/mol. The average molecular weight is 301 g/mol. The van der Waals surface area contributed by atoms with E-state index in [1.807, 2.05) is 24.3 Å². The summed E-state index contributed by atoms with van der Waals surface area (Å²) in [6.07, 6.45) is 1.71. The van der Waals surface area contributed by atoms with Gasteiger partial charge < -0.3 is 10.6 Å². The SMILES string of the molecule is N#Cc1cccc(C2Nc3cc(Br)cnc3N2)c1. The van der Waals surface area contributed by atoms with Crippen LogP contribution in [0, 0.1) is 11.3 Å². The van der Waals surface area contributed by atoms with Gasteiger partial charge in [-0.15, -0.1) is 0 Å². The number of halogens is 1. The van der Waals surface area contributed by atoms with Crippen molar-refractivity contribution in [3.8, 4) is 6.07 Å². The zero-order valence-corrected chi connectivity index (χ0v) is 10.9. The molecule has 2 heterocycles. The van der Waals surface area contributed by atoms with E-state index >= 15 is 0 Å². The molecular weight excluding hydrogens is 292 g/mol. The Morgan fingerprint density at radius 1 is 1.28 bits per heavy atom. The molecule has 0 aliphatic carbocycles. The van der Waals surface area contributed by atoms with Crippen molar-refractivity contribution in [2.45, 2.75) is 6.17 Å². The summed E-state index contributed by atoms with van der Waals surface area (Å²) in [7, 11) is 0. The van der Waals surface area contributed by atoms with Gasteiger partial charge >= 0.3 is 0 Å². The molecule has 1 aromatic carbocycles. The molecule has 0 bridgehead atoms. The summed E-state index contributed by atoms with van der Waals surface area (Å²) < 4.78 is 0.932. The van der Waals surface area contributed by atoms with Crippen LogP contribution in [-0.2, 0) is 0 Å². The molecule has 1 atom stereocenters. The van der Waals surface area contributed by atoms with Gasteiger partial charge in [-0.3, -0.25) is 0 Å². The number of hydrogen-bond donors (Lipinski definition) is 2. The Morgan fingerprint density at radius 2 is 2.17 bits per heavy atom. The van der Waals surface area contributed by atoms with E-state index in [4.69, 9.17) is 5.26 Å². The second-order valence-corrected chi connectivity index (χ2v) is 4.92. The lowest BCUT2D eigenvalue weighted by molar-refractivity contribution is 0.935. The first-order valence-electron chi connectivity index (χ1n) is 5.45. The van der Waals surface area contributed by atoms with Gasteiger partial charge in [-0.1, -0.05) is 12.1 Å². The van der Waals surface area contributed by atoms with Gasteiger partial charge in [0.1, 0.15) is 6.17 Å². The zero-order valence-electron chi connectivity index (χ0n) is 9.31. The molecule has 0 amide bonds. The zero-order chi connectivity index (χ0) is 12.5. The summed E-state index contributed by atoms with van der Waals surface area (Å²) in [6.45, 7) is 0. The molecule has 5 heteroatoms. The summed E-state index contributed by atoms with van der Waals surface area (Å²) in [6, 6.07) is 11.6. The topological polar surface area (TPSA) is 60.7 Å². The molecule has 4 nitrogen and oxygen atoms in total. The third-order valence-corrected chi connectivity index (χ3v) is 3.22. The number of benzene rings is 1. The molecule has 18 heavy (non-hydrogen) atoms. The molecule has 2 N–H and O–H groups in total. The van der Waals surface area contributed by atoms with Crippen molar-refractivity contribution in [2.24, 2.45) is 0 Å². The summed E-state index contributed by atoms with van der Waals surface area (Å²) in [4.78, 5) is 4.29. The van der Waals surface area contributed by atoms with E-state index in [9.17, 15) is 0 Å². The summed E-state index contributed by atoms with van der Waals surface area (Å²) >= 11 is 3.39. The predicted molar refractivity (Wildman–Crippen MR) is 73.1 cm³/mol. The molecule has 1 aliphatic heterocycles. The Labute approximate surface area is 113 Å². The van der Waals surface area contributed by atoms with Crippen LogP contribution in [0.2, 0.25) is 0 Å². The van der Waals surface area contributed by atoms with E-state index in [1.165, 1.54) is 0 Å². The highest BCUT2D eigenvalue weighted by molar-refractivity contribution is 9.10. The van der Waals surface area contributed by atoms with Crippen molar-refractivity contribution in [3.05, 3.63) is 52.1 Å². The van der Waals surface area contributed by atoms with Gasteiger partial charge in [0.15, 0.2) is 5.82 Å². The van der Waals surface area contributed by atoms with Gasteiger partial charge in [-0.05, 0) is 39.7 Å². The second-order valence-electron chi connectivity index (χ2n) is 4.01. The fourth-order valence-electron chi connectivity index (χ4n) is 1.95. The number of fused-ring (bicyclic) bond motifs is 1. The maximum Gasteiger partial charge on any atom is 0.151 e. The number of anilines is 2. The summed E-state index contributed by atoms with van der Waals surface area (Å²) in [5, 5.41) is 15.5. The highest BCUT2D eigenvalue weighted by atomic mass is 79.9. The van der Waals surface area contributed by atoms with Gasteiger partial charge in [-0.2, -0.15) is 5.26 Å². The molecular formula is C13H9BrN4. The van der Waals surface area contributed by atoms with Crippen LogP contribution in [0.4, 0.5) is 11.5 Å². The molecule has 0 fully saturated rings. The third kappa shape index (κ3) is 1.91. The molecule has 0 saturated heterocycles. The Hall–Kier alpha value is -2.06. The van der Waals surface area contributed by atoms with Gasteiger partial charge in [0, 0.05) is 10.7 Å². The van der Waals surface area contributed by atoms with Gasteiger partial charge in [0.25, 0.3) is 0 Å². The second kappa shape index (κ2) is 4.31. The highest BCUT2D eigenvalue weighted by Crippen LogP contribution is 2.35. The minimum atomic E-state index is -0.0462. The van der Waals surface area contributed by atoms with Crippen LogP contribution < -0.4 is 10.6 Å². The van der Waals surface area contributed by atoms with Crippen molar-refractivity contribution >= 4 is 27.4 Å². The number of aromatic nitrogens is 1.